The van der Waals surface area contributed by atoms with Crippen molar-refractivity contribution in [3.63, 3.8) is 0 Å². The molecule has 1 fully saturated rings. The summed E-state index contributed by atoms with van der Waals surface area (Å²) in [6, 6.07) is 10.3. The Hall–Kier alpha value is -3.42. The number of nitrogens with zero attached hydrogens (tertiary/aromatic N) is 3. The van der Waals surface area contributed by atoms with E-state index in [0.717, 1.165) is 37.0 Å². The highest BCUT2D eigenvalue weighted by Gasteiger charge is 2.21. The van der Waals surface area contributed by atoms with Gasteiger partial charge in [-0.3, -0.25) is 14.4 Å². The number of likely N-dealkylation sites (tertiary alicyclic amines) is 1. The highest BCUT2D eigenvalue weighted by Crippen LogP contribution is 2.15. The van der Waals surface area contributed by atoms with Gasteiger partial charge in [-0.05, 0) is 44.0 Å². The molecule has 8 nitrogen and oxygen atoms in total. The number of aromatic amines is 1. The Bertz CT molecular complexity index is 1080. The summed E-state index contributed by atoms with van der Waals surface area (Å²) in [6.07, 6.45) is 3.52. The van der Waals surface area contributed by atoms with Gasteiger partial charge in [0.15, 0.2) is 0 Å². The fraction of sp³-hybridized carbons (Fsp3) is 0.333. The Morgan fingerprint density at radius 3 is 2.69 bits per heavy atom. The molecule has 0 bridgehead atoms. The van der Waals surface area contributed by atoms with Crippen LogP contribution < -0.4 is 10.9 Å². The molecule has 2 aromatic heterocycles. The molecule has 0 aliphatic carbocycles. The molecule has 4 rings (SSSR count). The summed E-state index contributed by atoms with van der Waals surface area (Å²) in [5.74, 6) is 0.0174. The van der Waals surface area contributed by atoms with Gasteiger partial charge in [0.2, 0.25) is 5.91 Å². The van der Waals surface area contributed by atoms with Gasteiger partial charge in [-0.25, -0.2) is 4.98 Å². The molecular weight excluding hydrogens is 370 g/mol. The van der Waals surface area contributed by atoms with Gasteiger partial charge in [-0.2, -0.15) is 0 Å². The third-order valence-electron chi connectivity index (χ3n) is 5.19. The van der Waals surface area contributed by atoms with Gasteiger partial charge in [0.05, 0.1) is 17.1 Å². The molecule has 1 aliphatic heterocycles. The van der Waals surface area contributed by atoms with Crippen LogP contribution in [-0.4, -0.2) is 44.3 Å². The molecule has 1 aromatic carbocycles. The number of aromatic nitrogens is 3. The zero-order valence-corrected chi connectivity index (χ0v) is 16.2. The van der Waals surface area contributed by atoms with Crippen LogP contribution in [0.1, 0.15) is 42.0 Å². The van der Waals surface area contributed by atoms with Crippen molar-refractivity contribution < 1.29 is 9.59 Å². The van der Waals surface area contributed by atoms with Crippen LogP contribution in [0.15, 0.2) is 47.4 Å². The average Bonchev–Trinajstić information content (AvgIpc) is 3.39. The normalized spacial score (nSPS) is 14.9. The van der Waals surface area contributed by atoms with Crippen LogP contribution >= 0.6 is 0 Å². The second-order valence-electron chi connectivity index (χ2n) is 7.28. The van der Waals surface area contributed by atoms with Crippen LogP contribution in [0.4, 0.5) is 0 Å². The van der Waals surface area contributed by atoms with E-state index in [-0.39, 0.29) is 18.0 Å². The Balaban J connectivity index is 1.49. The van der Waals surface area contributed by atoms with Gasteiger partial charge >= 0.3 is 0 Å². The minimum absolute atomic E-state index is 0.00434. The molecule has 29 heavy (non-hydrogen) atoms. The summed E-state index contributed by atoms with van der Waals surface area (Å²) in [5.41, 5.74) is 1.22. The van der Waals surface area contributed by atoms with Crippen molar-refractivity contribution in [2.24, 2.45) is 0 Å². The quantitative estimate of drug-likeness (QED) is 0.691. The van der Waals surface area contributed by atoms with E-state index >= 15 is 0 Å². The summed E-state index contributed by atoms with van der Waals surface area (Å²) in [7, 11) is 0. The van der Waals surface area contributed by atoms with Crippen LogP contribution in [0.5, 0.6) is 0 Å². The summed E-state index contributed by atoms with van der Waals surface area (Å²) in [6.45, 7) is 3.19. The first-order valence-electron chi connectivity index (χ1n) is 9.75. The van der Waals surface area contributed by atoms with Crippen LogP contribution in [0.25, 0.3) is 11.0 Å². The summed E-state index contributed by atoms with van der Waals surface area (Å²) >= 11 is 0. The number of benzene rings is 1. The fourth-order valence-corrected chi connectivity index (χ4v) is 3.57. The number of pyridine rings is 1. The summed E-state index contributed by atoms with van der Waals surface area (Å²) < 4.78 is 1.29. The zero-order chi connectivity index (χ0) is 20.4. The molecule has 3 aromatic rings. The van der Waals surface area contributed by atoms with Gasteiger partial charge in [-0.1, -0.05) is 12.1 Å². The van der Waals surface area contributed by atoms with Gasteiger partial charge in [-0.15, -0.1) is 0 Å². The second kappa shape index (κ2) is 7.90. The number of para-hydroxylation sites is 2. The van der Waals surface area contributed by atoms with Crippen molar-refractivity contribution in [1.29, 1.82) is 0 Å². The van der Waals surface area contributed by atoms with Crippen molar-refractivity contribution >= 4 is 22.8 Å². The maximum absolute atomic E-state index is 12.7. The first-order chi connectivity index (χ1) is 14.0. The first-order valence-corrected chi connectivity index (χ1v) is 9.75. The molecular formula is C21H23N5O3. The van der Waals surface area contributed by atoms with E-state index in [4.69, 9.17) is 0 Å². The van der Waals surface area contributed by atoms with E-state index in [1.54, 1.807) is 17.9 Å². The Morgan fingerprint density at radius 1 is 1.17 bits per heavy atom. The van der Waals surface area contributed by atoms with Crippen LogP contribution in [0, 0.1) is 0 Å². The van der Waals surface area contributed by atoms with Crippen molar-refractivity contribution in [3.8, 4) is 0 Å². The van der Waals surface area contributed by atoms with Crippen molar-refractivity contribution in [2.45, 2.75) is 32.4 Å². The van der Waals surface area contributed by atoms with E-state index < -0.39 is 17.5 Å². The topological polar surface area (TPSA) is 100 Å². The standard InChI is InChI=1S/C21H23N5O3/c1-14(19-23-16-8-2-3-9-17(16)24-19)22-20(28)15-7-6-12-26(21(15)29)13-18(27)25-10-4-5-11-25/h2-3,6-9,12,14H,4-5,10-11,13H2,1H3,(H,22,28)(H,23,24). The third kappa shape index (κ3) is 3.91. The van der Waals surface area contributed by atoms with Crippen molar-refractivity contribution in [2.75, 3.05) is 13.1 Å². The minimum Gasteiger partial charge on any atom is -0.342 e. The number of hydrogen-bond donors (Lipinski definition) is 2. The fourth-order valence-electron chi connectivity index (χ4n) is 3.57. The van der Waals surface area contributed by atoms with E-state index in [1.165, 1.54) is 16.8 Å². The molecule has 0 saturated carbocycles. The number of imidazole rings is 1. The molecule has 8 heteroatoms. The number of fused-ring (bicyclic) bond motifs is 1. The molecule has 150 valence electrons. The summed E-state index contributed by atoms with van der Waals surface area (Å²) in [5, 5.41) is 2.81. The Labute approximate surface area is 167 Å². The maximum Gasteiger partial charge on any atom is 0.263 e. The number of carbonyl (C=O) groups excluding carboxylic acids is 2. The highest BCUT2D eigenvalue weighted by atomic mass is 16.2. The van der Waals surface area contributed by atoms with Gasteiger partial charge in [0.1, 0.15) is 17.9 Å². The lowest BCUT2D eigenvalue weighted by Gasteiger charge is -2.16. The number of carbonyl (C=O) groups is 2. The monoisotopic (exact) mass is 393 g/mol. The third-order valence-corrected chi connectivity index (χ3v) is 5.19. The lowest BCUT2D eigenvalue weighted by Crippen LogP contribution is -2.38. The van der Waals surface area contributed by atoms with E-state index in [2.05, 4.69) is 15.3 Å². The minimum atomic E-state index is -0.495. The lowest BCUT2D eigenvalue weighted by molar-refractivity contribution is -0.130. The van der Waals surface area contributed by atoms with Gasteiger partial charge in [0, 0.05) is 19.3 Å². The van der Waals surface area contributed by atoms with Crippen LogP contribution in [0.2, 0.25) is 0 Å². The SMILES string of the molecule is CC(NC(=O)c1cccn(CC(=O)N2CCCC2)c1=O)c1nc2ccccc2[nH]1. The van der Waals surface area contributed by atoms with Crippen molar-refractivity contribution in [1.82, 2.24) is 24.8 Å². The highest BCUT2D eigenvalue weighted by molar-refractivity contribution is 5.94. The Morgan fingerprint density at radius 2 is 1.93 bits per heavy atom. The Kier molecular flexibility index (Phi) is 5.16. The smallest absolute Gasteiger partial charge is 0.263 e. The molecule has 1 saturated heterocycles. The number of H-pyrrole nitrogens is 1. The maximum atomic E-state index is 12.7. The first kappa shape index (κ1) is 18.9. The van der Waals surface area contributed by atoms with Crippen LogP contribution in [-0.2, 0) is 11.3 Å². The van der Waals surface area contributed by atoms with Crippen LogP contribution in [0.3, 0.4) is 0 Å². The van der Waals surface area contributed by atoms with Gasteiger partial charge in [0.25, 0.3) is 11.5 Å². The average molecular weight is 393 g/mol. The van der Waals surface area contributed by atoms with Crippen molar-refractivity contribution in [3.05, 3.63) is 64.3 Å². The summed E-state index contributed by atoms with van der Waals surface area (Å²) in [4.78, 5) is 47.2. The lowest BCUT2D eigenvalue weighted by atomic mass is 10.2. The zero-order valence-electron chi connectivity index (χ0n) is 16.2. The predicted octanol–water partition coefficient (Wildman–Crippen LogP) is 1.84. The second-order valence-corrected chi connectivity index (χ2v) is 7.28. The van der Waals surface area contributed by atoms with Gasteiger partial charge < -0.3 is 19.8 Å². The molecule has 3 heterocycles. The molecule has 1 aliphatic rings. The molecule has 1 unspecified atom stereocenters. The van der Waals surface area contributed by atoms with E-state index in [0.29, 0.717) is 5.82 Å². The number of hydrogen-bond acceptors (Lipinski definition) is 4. The van der Waals surface area contributed by atoms with E-state index in [1.807, 2.05) is 24.3 Å². The number of nitrogens with one attached hydrogen (secondary N) is 2. The largest absolute Gasteiger partial charge is 0.342 e. The molecule has 0 radical (unpaired) electrons. The van der Waals surface area contributed by atoms with E-state index in [9.17, 15) is 14.4 Å². The number of rotatable bonds is 5. The molecule has 2 amide bonds. The molecule has 0 spiro atoms. The predicted molar refractivity (Wildman–Crippen MR) is 108 cm³/mol. The molecule has 2 N–H and O–H groups in total. The number of amides is 2. The molecule has 1 atom stereocenters.